The number of hydrogen-bond acceptors (Lipinski definition) is 6. The van der Waals surface area contributed by atoms with Crippen molar-refractivity contribution in [1.29, 1.82) is 5.26 Å². The van der Waals surface area contributed by atoms with Crippen molar-refractivity contribution >= 4 is 22.8 Å². The van der Waals surface area contributed by atoms with E-state index in [4.69, 9.17) is 10.00 Å². The molecule has 0 spiro atoms. The third-order valence-corrected chi connectivity index (χ3v) is 6.16. The first-order chi connectivity index (χ1) is 16.1. The van der Waals surface area contributed by atoms with Gasteiger partial charge in [-0.15, -0.1) is 11.3 Å². The second-order valence-electron chi connectivity index (χ2n) is 7.62. The van der Waals surface area contributed by atoms with Gasteiger partial charge in [0, 0.05) is 18.0 Å². The molecule has 0 saturated heterocycles. The van der Waals surface area contributed by atoms with Crippen LogP contribution in [0, 0.1) is 18.3 Å². The first-order valence-corrected chi connectivity index (χ1v) is 11.5. The molecule has 0 saturated carbocycles. The zero-order valence-corrected chi connectivity index (χ0v) is 19.3. The molecule has 0 aliphatic heterocycles. The molecule has 166 valence electrons. The summed E-state index contributed by atoms with van der Waals surface area (Å²) in [6.45, 7) is 2.45. The summed E-state index contributed by atoms with van der Waals surface area (Å²) in [6, 6.07) is 20.9. The zero-order chi connectivity index (χ0) is 23.2. The van der Waals surface area contributed by atoms with E-state index >= 15 is 0 Å². The summed E-state index contributed by atoms with van der Waals surface area (Å²) >= 11 is 1.53. The van der Waals surface area contributed by atoms with Crippen LogP contribution in [0.1, 0.15) is 33.9 Å². The van der Waals surface area contributed by atoms with Crippen LogP contribution >= 0.6 is 11.3 Å². The molecule has 2 aromatic heterocycles. The molecule has 1 unspecified atom stereocenters. The normalized spacial score (nSPS) is 11.5. The maximum Gasteiger partial charge on any atom is 0.193 e. The van der Waals surface area contributed by atoms with E-state index in [9.17, 15) is 4.79 Å². The van der Waals surface area contributed by atoms with Gasteiger partial charge in [-0.05, 0) is 36.1 Å². The van der Waals surface area contributed by atoms with E-state index in [0.29, 0.717) is 30.0 Å². The van der Waals surface area contributed by atoms with Gasteiger partial charge in [-0.3, -0.25) is 9.48 Å². The second kappa shape index (κ2) is 10.2. The van der Waals surface area contributed by atoms with Crippen LogP contribution in [0.5, 0.6) is 5.75 Å². The first-order valence-electron chi connectivity index (χ1n) is 10.6. The number of carbonyl (C=O) groups excluding carboxylic acids is 1. The fraction of sp³-hybridized carbons (Fsp3) is 0.192. The molecular weight excluding hydrogens is 432 g/mol. The molecule has 0 amide bonds. The Morgan fingerprint density at radius 1 is 1.21 bits per heavy atom. The van der Waals surface area contributed by atoms with E-state index in [1.54, 1.807) is 18.0 Å². The molecule has 4 aromatic rings. The van der Waals surface area contributed by atoms with Crippen LogP contribution in [0.15, 0.2) is 72.2 Å². The third-order valence-electron chi connectivity index (χ3n) is 5.29. The van der Waals surface area contributed by atoms with Crippen molar-refractivity contribution in [3.8, 4) is 22.4 Å². The maximum absolute atomic E-state index is 14.0. The first kappa shape index (κ1) is 22.3. The molecule has 6 nitrogen and oxygen atoms in total. The van der Waals surface area contributed by atoms with Crippen LogP contribution in [0.4, 0.5) is 5.69 Å². The summed E-state index contributed by atoms with van der Waals surface area (Å²) in [5.74, 6) is 0.618. The van der Waals surface area contributed by atoms with Crippen molar-refractivity contribution in [2.24, 2.45) is 0 Å². The zero-order valence-electron chi connectivity index (χ0n) is 18.5. The van der Waals surface area contributed by atoms with Gasteiger partial charge in [-0.2, -0.15) is 10.4 Å². The number of nitrogens with zero attached hydrogens (tertiary/aromatic N) is 3. The molecule has 0 bridgehead atoms. The summed E-state index contributed by atoms with van der Waals surface area (Å²) in [6.07, 6.45) is 2.08. The Morgan fingerprint density at radius 2 is 2.03 bits per heavy atom. The number of Topliss-reactive ketones (excluding diaryl/α,β-unsaturated/α-hetero) is 1. The summed E-state index contributed by atoms with van der Waals surface area (Å²) in [5.41, 5.74) is 3.92. The monoisotopic (exact) mass is 456 g/mol. The van der Waals surface area contributed by atoms with Crippen molar-refractivity contribution in [2.45, 2.75) is 25.9 Å². The molecule has 2 aromatic carbocycles. The number of ether oxygens (including phenoxy) is 1. The molecule has 4 rings (SSSR count). The largest absolute Gasteiger partial charge is 0.497 e. The van der Waals surface area contributed by atoms with Gasteiger partial charge in [0.2, 0.25) is 0 Å². The maximum atomic E-state index is 14.0. The van der Waals surface area contributed by atoms with Gasteiger partial charge < -0.3 is 10.1 Å². The molecule has 33 heavy (non-hydrogen) atoms. The van der Waals surface area contributed by atoms with E-state index < -0.39 is 6.04 Å². The Bertz CT molecular complexity index is 1270. The average molecular weight is 457 g/mol. The number of nitrogens with one attached hydrogen (secondary N) is 1. The van der Waals surface area contributed by atoms with Crippen molar-refractivity contribution in [1.82, 2.24) is 9.78 Å². The van der Waals surface area contributed by atoms with Crippen molar-refractivity contribution in [3.63, 3.8) is 0 Å². The van der Waals surface area contributed by atoms with Gasteiger partial charge in [-0.25, -0.2) is 0 Å². The summed E-state index contributed by atoms with van der Waals surface area (Å²) in [4.78, 5) is 14.9. The van der Waals surface area contributed by atoms with Gasteiger partial charge in [0.25, 0.3) is 0 Å². The van der Waals surface area contributed by atoms with Crippen molar-refractivity contribution in [2.75, 3.05) is 12.4 Å². The van der Waals surface area contributed by atoms with Crippen LogP contribution in [-0.4, -0.2) is 22.7 Å². The third kappa shape index (κ3) is 5.13. The minimum atomic E-state index is -0.620. The molecule has 7 heteroatoms. The van der Waals surface area contributed by atoms with Gasteiger partial charge in [0.1, 0.15) is 17.5 Å². The van der Waals surface area contributed by atoms with E-state index in [1.807, 2.05) is 73.0 Å². The minimum absolute atomic E-state index is 0.0896. The molecule has 2 heterocycles. The molecule has 0 fully saturated rings. The lowest BCUT2D eigenvalue weighted by molar-refractivity contribution is 0.0970. The highest BCUT2D eigenvalue weighted by Gasteiger charge is 2.27. The predicted octanol–water partition coefficient (Wildman–Crippen LogP) is 5.88. The Kier molecular flexibility index (Phi) is 6.86. The highest BCUT2D eigenvalue weighted by atomic mass is 32.1. The smallest absolute Gasteiger partial charge is 0.193 e. The van der Waals surface area contributed by atoms with Crippen LogP contribution in [-0.2, 0) is 6.54 Å². The standard InChI is InChI=1S/C26H24N4O2S/c1-18-9-11-19(12-10-18)24(28-20-6-3-7-21(16-20)32-2)26(31)22-17-30(14-5-13-27)29-25(22)23-8-4-15-33-23/h3-4,6-12,15-17,24,28H,5,14H2,1-2H3. The molecule has 1 atom stereocenters. The highest BCUT2D eigenvalue weighted by Crippen LogP contribution is 2.32. The van der Waals surface area contributed by atoms with E-state index in [0.717, 1.165) is 21.7 Å². The number of benzene rings is 2. The predicted molar refractivity (Wildman–Crippen MR) is 131 cm³/mol. The SMILES string of the molecule is COc1cccc(NC(C(=O)c2cn(CCC#N)nc2-c2cccs2)c2ccc(C)cc2)c1. The topological polar surface area (TPSA) is 79.9 Å². The lowest BCUT2D eigenvalue weighted by Gasteiger charge is -2.20. The van der Waals surface area contributed by atoms with Crippen LogP contribution in [0.25, 0.3) is 10.6 Å². The number of ketones is 1. The fourth-order valence-electron chi connectivity index (χ4n) is 3.57. The number of carbonyl (C=O) groups is 1. The highest BCUT2D eigenvalue weighted by molar-refractivity contribution is 7.13. The molecular formula is C26H24N4O2S. The summed E-state index contributed by atoms with van der Waals surface area (Å²) in [5, 5.41) is 19.0. The Balaban J connectivity index is 1.76. The number of aryl methyl sites for hydroxylation is 2. The van der Waals surface area contributed by atoms with Gasteiger partial charge in [0.15, 0.2) is 5.78 Å². The second-order valence-corrected chi connectivity index (χ2v) is 8.57. The number of methoxy groups -OCH3 is 1. The number of rotatable bonds is 9. The fourth-order valence-corrected chi connectivity index (χ4v) is 4.29. The number of nitriles is 1. The summed E-state index contributed by atoms with van der Waals surface area (Å²) in [7, 11) is 1.62. The van der Waals surface area contributed by atoms with Crippen molar-refractivity contribution in [3.05, 3.63) is 88.9 Å². The van der Waals surface area contributed by atoms with E-state index in [1.165, 1.54) is 11.3 Å². The van der Waals surface area contributed by atoms with E-state index in [2.05, 4.69) is 16.5 Å². The number of hydrogen-bond donors (Lipinski definition) is 1. The average Bonchev–Trinajstić information content (AvgIpc) is 3.51. The number of thiophene rings is 1. The molecule has 0 aliphatic carbocycles. The molecule has 0 radical (unpaired) electrons. The van der Waals surface area contributed by atoms with Crippen LogP contribution in [0.3, 0.4) is 0 Å². The van der Waals surface area contributed by atoms with Crippen LogP contribution < -0.4 is 10.1 Å². The lowest BCUT2D eigenvalue weighted by atomic mass is 9.96. The quantitative estimate of drug-likeness (QED) is 0.318. The van der Waals surface area contributed by atoms with Gasteiger partial charge >= 0.3 is 0 Å². The minimum Gasteiger partial charge on any atom is -0.497 e. The number of aromatic nitrogens is 2. The number of anilines is 1. The van der Waals surface area contributed by atoms with Crippen LogP contribution in [0.2, 0.25) is 0 Å². The van der Waals surface area contributed by atoms with Gasteiger partial charge in [0.05, 0.1) is 36.6 Å². The molecule has 1 N–H and O–H groups in total. The van der Waals surface area contributed by atoms with Gasteiger partial charge in [-0.1, -0.05) is 42.0 Å². The Labute approximate surface area is 197 Å². The molecule has 0 aliphatic rings. The Morgan fingerprint density at radius 3 is 2.73 bits per heavy atom. The Hall–Kier alpha value is -3.89. The summed E-state index contributed by atoms with van der Waals surface area (Å²) < 4.78 is 7.03. The lowest BCUT2D eigenvalue weighted by Crippen LogP contribution is -2.21. The van der Waals surface area contributed by atoms with Crippen molar-refractivity contribution < 1.29 is 9.53 Å². The van der Waals surface area contributed by atoms with E-state index in [-0.39, 0.29) is 5.78 Å².